The summed E-state index contributed by atoms with van der Waals surface area (Å²) in [6.07, 6.45) is 3.25. The van der Waals surface area contributed by atoms with Gasteiger partial charge in [-0.3, -0.25) is 9.48 Å². The molecule has 0 unspecified atom stereocenters. The summed E-state index contributed by atoms with van der Waals surface area (Å²) in [4.78, 5) is 12.7. The number of benzene rings is 2. The van der Waals surface area contributed by atoms with Gasteiger partial charge in [0.25, 0.3) is 5.91 Å². The van der Waals surface area contributed by atoms with E-state index in [2.05, 4.69) is 10.4 Å². The number of carbonyl (C=O) groups is 1. The number of rotatable bonds is 11. The van der Waals surface area contributed by atoms with Crippen LogP contribution in [0.15, 0.2) is 47.1 Å². The van der Waals surface area contributed by atoms with Gasteiger partial charge in [-0.1, -0.05) is 64.1 Å². The summed E-state index contributed by atoms with van der Waals surface area (Å²) in [6.45, 7) is 5.27. The summed E-state index contributed by atoms with van der Waals surface area (Å²) >= 11 is 30.5. The van der Waals surface area contributed by atoms with Crippen molar-refractivity contribution in [3.8, 4) is 17.2 Å². The van der Waals surface area contributed by atoms with Gasteiger partial charge in [0.05, 0.1) is 46.7 Å². The van der Waals surface area contributed by atoms with Gasteiger partial charge in [0.2, 0.25) is 0 Å². The van der Waals surface area contributed by atoms with Crippen molar-refractivity contribution in [2.45, 2.75) is 27.0 Å². The Morgan fingerprint density at radius 1 is 0.897 bits per heavy atom. The number of aromatic nitrogens is 2. The lowest BCUT2D eigenvalue weighted by Crippen LogP contribution is -2.10. The number of hydrogen-bond donors (Lipinski definition) is 1. The molecule has 0 aliphatic carbocycles. The highest BCUT2D eigenvalue weighted by molar-refractivity contribution is 6.55. The Hall–Kier alpha value is -2.75. The second-order valence-corrected chi connectivity index (χ2v) is 9.87. The number of carbonyl (C=O) groups excluding carboxylic acids is 1. The molecule has 0 radical (unpaired) electrons. The van der Waals surface area contributed by atoms with Crippen LogP contribution in [-0.2, 0) is 13.2 Å². The van der Waals surface area contributed by atoms with Crippen LogP contribution in [0.4, 0.5) is 5.69 Å². The molecule has 0 aliphatic heterocycles. The van der Waals surface area contributed by atoms with Gasteiger partial charge in [0.1, 0.15) is 22.4 Å². The lowest BCUT2D eigenvalue weighted by molar-refractivity contribution is 0.0992. The monoisotopic (exact) mass is 631 g/mol. The zero-order valence-electron chi connectivity index (χ0n) is 20.7. The molecule has 39 heavy (non-hydrogen) atoms. The summed E-state index contributed by atoms with van der Waals surface area (Å²) in [6, 6.07) is 8.81. The van der Waals surface area contributed by atoms with E-state index in [1.807, 2.05) is 32.0 Å². The van der Waals surface area contributed by atoms with Gasteiger partial charge in [0.15, 0.2) is 23.0 Å². The molecule has 0 saturated heterocycles. The molecule has 0 bridgehead atoms. The van der Waals surface area contributed by atoms with Crippen LogP contribution >= 0.6 is 58.0 Å². The molecular formula is C26H22Cl5N3O5. The maximum absolute atomic E-state index is 12.7. The van der Waals surface area contributed by atoms with Crippen LogP contribution in [0.5, 0.6) is 17.2 Å². The Morgan fingerprint density at radius 2 is 1.56 bits per heavy atom. The molecule has 0 spiro atoms. The first-order valence-corrected chi connectivity index (χ1v) is 13.6. The number of hydrogen-bond acceptors (Lipinski definition) is 6. The Morgan fingerprint density at radius 3 is 2.26 bits per heavy atom. The third-order valence-electron chi connectivity index (χ3n) is 5.26. The fourth-order valence-electron chi connectivity index (χ4n) is 3.52. The minimum atomic E-state index is -0.464. The average molecular weight is 634 g/mol. The summed E-state index contributed by atoms with van der Waals surface area (Å²) in [7, 11) is 0. The summed E-state index contributed by atoms with van der Waals surface area (Å²) in [5, 5.41) is 7.15. The molecule has 0 saturated carbocycles. The number of nitrogens with one attached hydrogen (secondary N) is 1. The van der Waals surface area contributed by atoms with Gasteiger partial charge in [-0.2, -0.15) is 5.10 Å². The SMILES string of the molecule is CCOc1ccc(Cn2cc(NC(=O)c3ccc(COc4c(Cl)c(Cl)c(Cl)c(Cl)c4Cl)o3)cn2)cc1OCC. The van der Waals surface area contributed by atoms with E-state index in [9.17, 15) is 4.79 Å². The highest BCUT2D eigenvalue weighted by Crippen LogP contribution is 2.48. The van der Waals surface area contributed by atoms with Crippen LogP contribution in [0.2, 0.25) is 25.1 Å². The number of amides is 1. The highest BCUT2D eigenvalue weighted by Gasteiger charge is 2.21. The quantitative estimate of drug-likeness (QED) is 0.132. The van der Waals surface area contributed by atoms with Gasteiger partial charge in [-0.05, 0) is 43.7 Å². The molecule has 0 aliphatic rings. The Bertz CT molecular complexity index is 1460. The third-order valence-corrected chi connectivity index (χ3v) is 7.50. The minimum absolute atomic E-state index is 0.0111. The third kappa shape index (κ3) is 6.88. The van der Waals surface area contributed by atoms with Crippen molar-refractivity contribution >= 4 is 69.6 Å². The molecular weight excluding hydrogens is 612 g/mol. The maximum atomic E-state index is 12.7. The normalized spacial score (nSPS) is 10.9. The highest BCUT2D eigenvalue weighted by atomic mass is 35.5. The Kier molecular flexibility index (Phi) is 9.80. The molecule has 13 heteroatoms. The van der Waals surface area contributed by atoms with E-state index in [-0.39, 0.29) is 43.2 Å². The zero-order valence-corrected chi connectivity index (χ0v) is 24.5. The largest absolute Gasteiger partial charge is 0.490 e. The topological polar surface area (TPSA) is 87.8 Å². The van der Waals surface area contributed by atoms with Crippen molar-refractivity contribution < 1.29 is 23.4 Å². The van der Waals surface area contributed by atoms with Crippen LogP contribution < -0.4 is 19.5 Å². The van der Waals surface area contributed by atoms with Gasteiger partial charge < -0.3 is 23.9 Å². The number of furan rings is 1. The number of halogens is 5. The molecule has 2 aromatic carbocycles. The predicted octanol–water partition coefficient (Wildman–Crippen LogP) is 8.42. The van der Waals surface area contributed by atoms with E-state index in [1.165, 1.54) is 6.07 Å². The fraction of sp³-hybridized carbons (Fsp3) is 0.231. The smallest absolute Gasteiger partial charge is 0.291 e. The van der Waals surface area contributed by atoms with Crippen LogP contribution in [0.1, 0.15) is 35.7 Å². The standard InChI is InChI=1S/C26H22Cl5N3O5/c1-3-36-17-7-5-14(9-19(17)37-4-2)11-34-12-15(10-32-34)33-26(35)18-8-6-16(39-18)13-38-25-23(30)21(28)20(27)22(29)24(25)31/h5-10,12H,3-4,11,13H2,1-2H3,(H,33,35). The van der Waals surface area contributed by atoms with E-state index in [0.29, 0.717) is 42.7 Å². The first-order chi connectivity index (χ1) is 18.7. The summed E-state index contributed by atoms with van der Waals surface area (Å²) < 4.78 is 24.2. The van der Waals surface area contributed by atoms with E-state index < -0.39 is 5.91 Å². The van der Waals surface area contributed by atoms with Gasteiger partial charge >= 0.3 is 0 Å². The van der Waals surface area contributed by atoms with Crippen molar-refractivity contribution in [1.29, 1.82) is 0 Å². The Balaban J connectivity index is 1.37. The minimum Gasteiger partial charge on any atom is -0.490 e. The van der Waals surface area contributed by atoms with Gasteiger partial charge in [-0.25, -0.2) is 0 Å². The average Bonchev–Trinajstić information content (AvgIpc) is 3.58. The van der Waals surface area contributed by atoms with Crippen molar-refractivity contribution in [3.05, 3.63) is 84.9 Å². The molecule has 0 atom stereocenters. The second-order valence-electron chi connectivity index (χ2n) is 7.98. The van der Waals surface area contributed by atoms with Crippen LogP contribution in [0, 0.1) is 0 Å². The summed E-state index contributed by atoms with van der Waals surface area (Å²) in [5.41, 5.74) is 1.45. The van der Waals surface area contributed by atoms with Gasteiger partial charge in [-0.15, -0.1) is 0 Å². The Labute approximate surface area is 249 Å². The maximum Gasteiger partial charge on any atom is 0.291 e. The van der Waals surface area contributed by atoms with E-state index in [4.69, 9.17) is 76.6 Å². The van der Waals surface area contributed by atoms with Crippen molar-refractivity contribution in [1.82, 2.24) is 9.78 Å². The van der Waals surface area contributed by atoms with E-state index in [1.54, 1.807) is 23.1 Å². The molecule has 4 aromatic rings. The first kappa shape index (κ1) is 29.2. The molecule has 8 nitrogen and oxygen atoms in total. The van der Waals surface area contributed by atoms with E-state index >= 15 is 0 Å². The molecule has 1 N–H and O–H groups in total. The van der Waals surface area contributed by atoms with Crippen molar-refractivity contribution in [2.24, 2.45) is 0 Å². The molecule has 1 amide bonds. The molecule has 0 fully saturated rings. The first-order valence-electron chi connectivity index (χ1n) is 11.7. The number of anilines is 1. The zero-order chi connectivity index (χ0) is 28.1. The van der Waals surface area contributed by atoms with E-state index in [0.717, 1.165) is 5.56 Å². The summed E-state index contributed by atoms with van der Waals surface area (Å²) in [5.74, 6) is 1.35. The lowest BCUT2D eigenvalue weighted by atomic mass is 10.2. The molecule has 2 aromatic heterocycles. The van der Waals surface area contributed by atoms with Crippen LogP contribution in [-0.4, -0.2) is 28.9 Å². The molecule has 2 heterocycles. The van der Waals surface area contributed by atoms with Crippen LogP contribution in [0.25, 0.3) is 0 Å². The number of ether oxygens (including phenoxy) is 3. The lowest BCUT2D eigenvalue weighted by Gasteiger charge is -2.12. The number of nitrogens with zero attached hydrogens (tertiary/aromatic N) is 2. The second kappa shape index (κ2) is 13.1. The fourth-order valence-corrected chi connectivity index (χ4v) is 4.75. The van der Waals surface area contributed by atoms with Crippen molar-refractivity contribution in [2.75, 3.05) is 18.5 Å². The van der Waals surface area contributed by atoms with Gasteiger partial charge in [0, 0.05) is 6.20 Å². The van der Waals surface area contributed by atoms with Crippen molar-refractivity contribution in [3.63, 3.8) is 0 Å². The molecule has 4 rings (SSSR count). The molecule has 206 valence electrons. The predicted molar refractivity (Wildman–Crippen MR) is 153 cm³/mol. The van der Waals surface area contributed by atoms with Crippen LogP contribution in [0.3, 0.4) is 0 Å².